The number of hydrogen-bond acceptors (Lipinski definition) is 3. The van der Waals surface area contributed by atoms with E-state index >= 15 is 0 Å². The first-order valence-electron chi connectivity index (χ1n) is 8.92. The van der Waals surface area contributed by atoms with Crippen LogP contribution in [-0.4, -0.2) is 19.1 Å². The summed E-state index contributed by atoms with van der Waals surface area (Å²) in [6.45, 7) is 4.45. The second-order valence-electron chi connectivity index (χ2n) is 6.20. The smallest absolute Gasteiger partial charge is 0.216 e. The Labute approximate surface area is 157 Å². The Bertz CT molecular complexity index is 955. The van der Waals surface area contributed by atoms with Gasteiger partial charge in [0.2, 0.25) is 5.91 Å². The maximum absolute atomic E-state index is 14.2. The lowest BCUT2D eigenvalue weighted by molar-refractivity contribution is -0.118. The lowest BCUT2D eigenvalue weighted by atomic mass is 10.0. The molecule has 0 fully saturated rings. The zero-order chi connectivity index (χ0) is 19.2. The largest absolute Gasteiger partial charge is 0.494 e. The minimum atomic E-state index is -0.464. The molecule has 4 nitrogen and oxygen atoms in total. The number of halogens is 1. The van der Waals surface area contributed by atoms with E-state index in [2.05, 4.69) is 11.4 Å². The molecule has 0 aliphatic carbocycles. The molecule has 1 amide bonds. The van der Waals surface area contributed by atoms with E-state index in [1.165, 1.54) is 13.0 Å². The van der Waals surface area contributed by atoms with Crippen molar-refractivity contribution in [3.05, 3.63) is 66.0 Å². The number of ether oxygens (including phenoxy) is 2. The van der Waals surface area contributed by atoms with Crippen molar-refractivity contribution in [2.75, 3.05) is 13.2 Å². The molecule has 1 N–H and O–H groups in total. The summed E-state index contributed by atoms with van der Waals surface area (Å²) in [5.74, 6) is 0.711. The van der Waals surface area contributed by atoms with Crippen LogP contribution in [0.15, 0.2) is 54.6 Å². The third-order valence-corrected chi connectivity index (χ3v) is 4.11. The molecule has 0 atom stereocenters. The molecule has 27 heavy (non-hydrogen) atoms. The third kappa shape index (κ3) is 4.97. The Morgan fingerprint density at radius 2 is 1.74 bits per heavy atom. The van der Waals surface area contributed by atoms with E-state index in [-0.39, 0.29) is 11.7 Å². The SMILES string of the molecule is CCOc1ccc(Oc2ccc3cc(CCNC(C)=O)ccc3c2)c(F)c1. The standard InChI is InChI=1S/C22H22FNO3/c1-3-26-19-8-9-22(21(23)14-19)27-20-7-6-17-12-16(4-5-18(17)13-20)10-11-24-15(2)25/h4-9,12-14H,3,10-11H2,1-2H3,(H,24,25). The van der Waals surface area contributed by atoms with Crippen molar-refractivity contribution >= 4 is 16.7 Å². The number of carbonyl (C=O) groups excluding carboxylic acids is 1. The van der Waals surface area contributed by atoms with Crippen LogP contribution >= 0.6 is 0 Å². The van der Waals surface area contributed by atoms with Crippen LogP contribution < -0.4 is 14.8 Å². The lowest BCUT2D eigenvalue weighted by Crippen LogP contribution is -2.22. The highest BCUT2D eigenvalue weighted by Crippen LogP contribution is 2.30. The minimum Gasteiger partial charge on any atom is -0.494 e. The van der Waals surface area contributed by atoms with Gasteiger partial charge in [0.15, 0.2) is 11.6 Å². The molecule has 3 rings (SSSR count). The molecule has 3 aromatic rings. The molecule has 0 aliphatic rings. The van der Waals surface area contributed by atoms with Crippen molar-refractivity contribution in [3.8, 4) is 17.2 Å². The second kappa shape index (κ2) is 8.54. The third-order valence-electron chi connectivity index (χ3n) is 4.11. The van der Waals surface area contributed by atoms with E-state index in [0.29, 0.717) is 24.7 Å². The molecular formula is C22H22FNO3. The number of amides is 1. The predicted molar refractivity (Wildman–Crippen MR) is 104 cm³/mol. The molecule has 0 saturated heterocycles. The van der Waals surface area contributed by atoms with Crippen molar-refractivity contribution in [3.63, 3.8) is 0 Å². The Morgan fingerprint density at radius 3 is 2.48 bits per heavy atom. The minimum absolute atomic E-state index is 0.0286. The average molecular weight is 367 g/mol. The molecule has 0 aromatic heterocycles. The first-order chi connectivity index (χ1) is 13.0. The summed E-state index contributed by atoms with van der Waals surface area (Å²) in [4.78, 5) is 11.0. The first kappa shape index (κ1) is 18.7. The van der Waals surface area contributed by atoms with Crippen molar-refractivity contribution in [2.45, 2.75) is 20.3 Å². The topological polar surface area (TPSA) is 47.6 Å². The number of benzene rings is 3. The highest BCUT2D eigenvalue weighted by molar-refractivity contribution is 5.84. The van der Waals surface area contributed by atoms with Gasteiger partial charge < -0.3 is 14.8 Å². The van der Waals surface area contributed by atoms with Gasteiger partial charge in [-0.25, -0.2) is 4.39 Å². The van der Waals surface area contributed by atoms with Crippen molar-refractivity contribution < 1.29 is 18.7 Å². The van der Waals surface area contributed by atoms with E-state index < -0.39 is 5.82 Å². The van der Waals surface area contributed by atoms with Crippen LogP contribution in [0, 0.1) is 5.82 Å². The normalized spacial score (nSPS) is 10.6. The number of rotatable bonds is 7. The zero-order valence-corrected chi connectivity index (χ0v) is 15.4. The molecule has 0 heterocycles. The van der Waals surface area contributed by atoms with Gasteiger partial charge in [0, 0.05) is 19.5 Å². The van der Waals surface area contributed by atoms with E-state index in [4.69, 9.17) is 9.47 Å². The van der Waals surface area contributed by atoms with Crippen molar-refractivity contribution in [1.29, 1.82) is 0 Å². The van der Waals surface area contributed by atoms with E-state index in [1.54, 1.807) is 12.1 Å². The highest BCUT2D eigenvalue weighted by atomic mass is 19.1. The quantitative estimate of drug-likeness (QED) is 0.649. The van der Waals surface area contributed by atoms with Crippen LogP contribution in [0.4, 0.5) is 4.39 Å². The van der Waals surface area contributed by atoms with Crippen molar-refractivity contribution in [1.82, 2.24) is 5.32 Å². The summed E-state index contributed by atoms with van der Waals surface area (Å²) in [7, 11) is 0. The Balaban J connectivity index is 1.74. The molecule has 0 radical (unpaired) electrons. The Morgan fingerprint density at radius 1 is 1.00 bits per heavy atom. The van der Waals surface area contributed by atoms with Crippen LogP contribution in [0.3, 0.4) is 0 Å². The monoisotopic (exact) mass is 367 g/mol. The van der Waals surface area contributed by atoms with Gasteiger partial charge in [-0.15, -0.1) is 0 Å². The summed E-state index contributed by atoms with van der Waals surface area (Å²) < 4.78 is 25.1. The van der Waals surface area contributed by atoms with Crippen LogP contribution in [0.1, 0.15) is 19.4 Å². The maximum Gasteiger partial charge on any atom is 0.216 e. The Hall–Kier alpha value is -3.08. The number of fused-ring (bicyclic) bond motifs is 1. The maximum atomic E-state index is 14.2. The molecule has 5 heteroatoms. The fraction of sp³-hybridized carbons (Fsp3) is 0.227. The van der Waals surface area contributed by atoms with Crippen LogP contribution in [0.5, 0.6) is 17.2 Å². The van der Waals surface area contributed by atoms with E-state index in [1.807, 2.05) is 37.3 Å². The second-order valence-corrected chi connectivity index (χ2v) is 6.20. The van der Waals surface area contributed by atoms with Gasteiger partial charge in [-0.05, 0) is 53.9 Å². The van der Waals surface area contributed by atoms with Crippen molar-refractivity contribution in [2.24, 2.45) is 0 Å². The summed E-state index contributed by atoms with van der Waals surface area (Å²) >= 11 is 0. The van der Waals surface area contributed by atoms with Gasteiger partial charge in [0.1, 0.15) is 11.5 Å². The molecule has 0 saturated carbocycles. The zero-order valence-electron chi connectivity index (χ0n) is 15.4. The first-order valence-corrected chi connectivity index (χ1v) is 8.92. The molecule has 3 aromatic carbocycles. The summed E-state index contributed by atoms with van der Waals surface area (Å²) in [6.07, 6.45) is 0.769. The van der Waals surface area contributed by atoms with Gasteiger partial charge in [-0.1, -0.05) is 24.3 Å². The predicted octanol–water partition coefficient (Wildman–Crippen LogP) is 4.85. The van der Waals surface area contributed by atoms with Gasteiger partial charge in [0.05, 0.1) is 6.61 Å². The Kier molecular flexibility index (Phi) is 5.91. The van der Waals surface area contributed by atoms with Gasteiger partial charge >= 0.3 is 0 Å². The van der Waals surface area contributed by atoms with Gasteiger partial charge in [-0.2, -0.15) is 0 Å². The summed E-state index contributed by atoms with van der Waals surface area (Å²) in [5, 5.41) is 4.86. The summed E-state index contributed by atoms with van der Waals surface area (Å²) in [5.41, 5.74) is 1.14. The molecule has 0 spiro atoms. The molecule has 0 unspecified atom stereocenters. The number of carbonyl (C=O) groups is 1. The van der Waals surface area contributed by atoms with Gasteiger partial charge in [-0.3, -0.25) is 4.79 Å². The lowest BCUT2D eigenvalue weighted by Gasteiger charge is -2.10. The molecule has 0 bridgehead atoms. The number of nitrogens with one attached hydrogen (secondary N) is 1. The van der Waals surface area contributed by atoms with Crippen LogP contribution in [0.25, 0.3) is 10.8 Å². The number of hydrogen-bond donors (Lipinski definition) is 1. The van der Waals surface area contributed by atoms with Gasteiger partial charge in [0.25, 0.3) is 0 Å². The average Bonchev–Trinajstić information content (AvgIpc) is 2.64. The highest BCUT2D eigenvalue weighted by Gasteiger charge is 2.08. The molecule has 0 aliphatic heterocycles. The van der Waals surface area contributed by atoms with Crippen LogP contribution in [0.2, 0.25) is 0 Å². The fourth-order valence-corrected chi connectivity index (χ4v) is 2.82. The molecular weight excluding hydrogens is 345 g/mol. The summed E-state index contributed by atoms with van der Waals surface area (Å²) in [6, 6.07) is 16.3. The fourth-order valence-electron chi connectivity index (χ4n) is 2.82. The van der Waals surface area contributed by atoms with E-state index in [0.717, 1.165) is 22.8 Å². The van der Waals surface area contributed by atoms with E-state index in [9.17, 15) is 9.18 Å². The molecule has 140 valence electrons. The van der Waals surface area contributed by atoms with Crippen LogP contribution in [-0.2, 0) is 11.2 Å².